The van der Waals surface area contributed by atoms with Gasteiger partial charge in [0.1, 0.15) is 0 Å². The van der Waals surface area contributed by atoms with Crippen molar-refractivity contribution in [2.75, 3.05) is 39.3 Å². The summed E-state index contributed by atoms with van der Waals surface area (Å²) < 4.78 is 0. The fourth-order valence-electron chi connectivity index (χ4n) is 0.855. The molecule has 3 nitrogen and oxygen atoms in total. The second-order valence-corrected chi connectivity index (χ2v) is 2.17. The first-order chi connectivity index (χ1) is 4.50. The van der Waals surface area contributed by atoms with Gasteiger partial charge in [0.15, 0.2) is 0 Å². The zero-order chi connectivity index (χ0) is 6.36. The Balaban J connectivity index is -0.0000000129. The molecule has 0 aromatic rings. The molecule has 0 aromatic carbocycles. The Morgan fingerprint density at radius 1 is 0.556 bits per heavy atom. The zero-order valence-electron chi connectivity index (χ0n) is 12.4. The van der Waals surface area contributed by atoms with Gasteiger partial charge in [0.25, 0.3) is 0 Å². The predicted octanol–water partition coefficient (Wildman–Crippen LogP) is 3.07. The molecule has 7 heteroatoms. The van der Waals surface area contributed by atoms with Crippen LogP contribution >= 0.6 is 37.2 Å². The Hall–Kier alpha value is 1.46. The van der Waals surface area contributed by atoms with Crippen LogP contribution < -0.4 is 10.6 Å². The van der Waals surface area contributed by atoms with Crippen LogP contribution in [0.5, 0.6) is 0 Å². The molecule has 0 spiro atoms. The minimum atomic E-state index is 0. The summed E-state index contributed by atoms with van der Waals surface area (Å²) in [5.74, 6) is 0. The SMILES string of the molecule is C1CNCCNCC[N-]1.Cl.Cl.Cl.[CH3-].[CH3-].[CH3-].[CH3-].[CH3-].[Ti]. The number of nitrogens with one attached hydrogen (secondary N) is 2. The summed E-state index contributed by atoms with van der Waals surface area (Å²) >= 11 is 0. The quantitative estimate of drug-likeness (QED) is 0.515. The number of halogens is 3. The van der Waals surface area contributed by atoms with Crippen LogP contribution in [0.4, 0.5) is 0 Å². The van der Waals surface area contributed by atoms with E-state index in [2.05, 4.69) is 16.0 Å². The van der Waals surface area contributed by atoms with E-state index in [1.54, 1.807) is 0 Å². The van der Waals surface area contributed by atoms with E-state index >= 15 is 0 Å². The van der Waals surface area contributed by atoms with E-state index in [1.165, 1.54) is 0 Å². The van der Waals surface area contributed by atoms with Gasteiger partial charge in [-0.2, -0.15) is 0 Å². The molecule has 1 aliphatic heterocycles. The molecule has 1 saturated heterocycles. The van der Waals surface area contributed by atoms with Crippen molar-refractivity contribution in [3.8, 4) is 0 Å². The smallest absolute Gasteiger partial charge is 0.00760 e. The van der Waals surface area contributed by atoms with Crippen LogP contribution in [0.2, 0.25) is 0 Å². The van der Waals surface area contributed by atoms with Gasteiger partial charge in [0.2, 0.25) is 0 Å². The third kappa shape index (κ3) is 43.2. The summed E-state index contributed by atoms with van der Waals surface area (Å²) in [6.07, 6.45) is 0. The van der Waals surface area contributed by atoms with Crippen molar-refractivity contribution in [1.82, 2.24) is 10.6 Å². The molecule has 0 unspecified atom stereocenters. The van der Waals surface area contributed by atoms with Crippen molar-refractivity contribution in [3.63, 3.8) is 0 Å². The largest absolute Gasteiger partial charge is 0.660 e. The third-order valence-corrected chi connectivity index (χ3v) is 1.37. The maximum Gasteiger partial charge on any atom is 0.00760 e. The molecule has 0 radical (unpaired) electrons. The van der Waals surface area contributed by atoms with Crippen molar-refractivity contribution in [1.29, 1.82) is 0 Å². The second-order valence-electron chi connectivity index (χ2n) is 2.17. The van der Waals surface area contributed by atoms with Gasteiger partial charge in [-0.25, -0.2) is 0 Å². The van der Waals surface area contributed by atoms with Crippen LogP contribution in [0.15, 0.2) is 0 Å². The zero-order valence-corrected chi connectivity index (χ0v) is 16.4. The Morgan fingerprint density at radius 3 is 1.11 bits per heavy atom. The van der Waals surface area contributed by atoms with E-state index in [0.29, 0.717) is 0 Å². The summed E-state index contributed by atoms with van der Waals surface area (Å²) in [6, 6.07) is 0. The van der Waals surface area contributed by atoms with Crippen LogP contribution in [0.25, 0.3) is 5.32 Å². The molecule has 0 saturated carbocycles. The first-order valence-electron chi connectivity index (χ1n) is 3.55. The Kier molecular flexibility index (Phi) is 173. The average Bonchev–Trinajstić information content (AvgIpc) is 2.00. The Bertz CT molecular complexity index is 56.0. The Morgan fingerprint density at radius 2 is 0.833 bits per heavy atom. The van der Waals surface area contributed by atoms with E-state index in [1.807, 2.05) is 0 Å². The van der Waals surface area contributed by atoms with E-state index in [-0.39, 0.29) is 96.1 Å². The monoisotopic (exact) mass is 359 g/mol. The van der Waals surface area contributed by atoms with Crippen LogP contribution in [0.1, 0.15) is 0 Å². The molecule has 0 atom stereocenters. The summed E-state index contributed by atoms with van der Waals surface area (Å²) in [6.45, 7) is 6.19. The topological polar surface area (TPSA) is 38.2 Å². The second kappa shape index (κ2) is 51.4. The van der Waals surface area contributed by atoms with Gasteiger partial charge in [-0.05, 0) is 13.1 Å². The van der Waals surface area contributed by atoms with Crippen LogP contribution in [0, 0.1) is 37.1 Å². The van der Waals surface area contributed by atoms with Crippen molar-refractivity contribution in [2.45, 2.75) is 0 Å². The molecule has 122 valence electrons. The minimum absolute atomic E-state index is 0. The first-order valence-corrected chi connectivity index (χ1v) is 3.55. The summed E-state index contributed by atoms with van der Waals surface area (Å²) in [5, 5.41) is 10.8. The number of nitrogens with zero attached hydrogens (tertiary/aromatic N) is 1. The predicted molar refractivity (Wildman–Crippen MR) is 92.6 cm³/mol. The average molecular weight is 361 g/mol. The standard InChI is InChI=1S/C6H14N3.5CH3.3ClH.Ti/c1-2-8-5-6-9-4-3-7-1;;;;;;;;;/h7-8H,1-6H2;5*1H3;3*1H;/q6*-1;;;;. The Labute approximate surface area is 151 Å². The molecule has 0 bridgehead atoms. The van der Waals surface area contributed by atoms with Crippen LogP contribution in [0.3, 0.4) is 0 Å². The molecule has 2 N–H and O–H groups in total. The van der Waals surface area contributed by atoms with Crippen molar-refractivity contribution in [2.24, 2.45) is 0 Å². The van der Waals surface area contributed by atoms with E-state index < -0.39 is 0 Å². The third-order valence-electron chi connectivity index (χ3n) is 1.37. The molecular weight excluding hydrogens is 328 g/mol. The summed E-state index contributed by atoms with van der Waals surface area (Å²) in [4.78, 5) is 0. The maximum absolute atomic E-state index is 4.27. The van der Waals surface area contributed by atoms with Gasteiger partial charge in [-0.1, -0.05) is 0 Å². The first kappa shape index (κ1) is 60.6. The van der Waals surface area contributed by atoms with Gasteiger partial charge in [-0.3, -0.25) is 0 Å². The molecule has 1 rings (SSSR count). The minimum Gasteiger partial charge on any atom is -0.660 e. The molecule has 0 aromatic heterocycles. The van der Waals surface area contributed by atoms with Gasteiger partial charge in [-0.15, -0.1) is 50.3 Å². The van der Waals surface area contributed by atoms with Crippen LogP contribution in [-0.2, 0) is 21.7 Å². The van der Waals surface area contributed by atoms with Gasteiger partial charge in [0.05, 0.1) is 0 Å². The van der Waals surface area contributed by atoms with Gasteiger partial charge >= 0.3 is 0 Å². The number of rotatable bonds is 0. The molecule has 1 fully saturated rings. The van der Waals surface area contributed by atoms with Gasteiger partial charge < -0.3 is 53.1 Å². The normalized spacial score (nSPS) is 12.0. The van der Waals surface area contributed by atoms with Gasteiger partial charge in [0, 0.05) is 34.8 Å². The van der Waals surface area contributed by atoms with Crippen molar-refractivity contribution < 1.29 is 21.7 Å². The van der Waals surface area contributed by atoms with Crippen molar-refractivity contribution in [3.05, 3.63) is 42.5 Å². The maximum atomic E-state index is 4.27. The van der Waals surface area contributed by atoms with E-state index in [9.17, 15) is 0 Å². The van der Waals surface area contributed by atoms with Crippen molar-refractivity contribution >= 4 is 37.2 Å². The van der Waals surface area contributed by atoms with E-state index in [0.717, 1.165) is 39.3 Å². The summed E-state index contributed by atoms with van der Waals surface area (Å²) in [5.41, 5.74) is 0. The molecule has 1 heterocycles. The molecule has 0 aliphatic carbocycles. The number of hydrogen-bond donors (Lipinski definition) is 2. The molecule has 18 heavy (non-hydrogen) atoms. The fourth-order valence-corrected chi connectivity index (χ4v) is 0.855. The fraction of sp³-hybridized carbons (Fsp3) is 0.545. The molecular formula is C11H32Cl3N3Ti-6. The molecule has 0 amide bonds. The summed E-state index contributed by atoms with van der Waals surface area (Å²) in [7, 11) is 0. The van der Waals surface area contributed by atoms with Crippen LogP contribution in [-0.4, -0.2) is 39.3 Å². The van der Waals surface area contributed by atoms with E-state index in [4.69, 9.17) is 0 Å². The molecule has 1 aliphatic rings. The number of hydrogen-bond acceptors (Lipinski definition) is 2.